The predicted octanol–water partition coefficient (Wildman–Crippen LogP) is 3.60. The quantitative estimate of drug-likeness (QED) is 0.872. The van der Waals surface area contributed by atoms with Crippen LogP contribution in [0.25, 0.3) is 10.8 Å². The maximum absolute atomic E-state index is 12.4. The molecule has 0 heterocycles. The highest BCUT2D eigenvalue weighted by Crippen LogP contribution is 2.22. The van der Waals surface area contributed by atoms with Crippen LogP contribution in [0.4, 0.5) is 0 Å². The summed E-state index contributed by atoms with van der Waals surface area (Å²) in [5, 5.41) is 5.34. The fourth-order valence-corrected chi connectivity index (χ4v) is 3.27. The zero-order valence-corrected chi connectivity index (χ0v) is 13.4. The highest BCUT2D eigenvalue weighted by molar-refractivity contribution is 9.10. The van der Waals surface area contributed by atoms with E-state index < -0.39 is 0 Å². The first-order valence-corrected chi connectivity index (χ1v) is 8.17. The number of benzene rings is 2. The Balaban J connectivity index is 1.74. The van der Waals surface area contributed by atoms with Crippen LogP contribution in [0.3, 0.4) is 0 Å². The van der Waals surface area contributed by atoms with E-state index in [1.807, 2.05) is 30.3 Å². The maximum Gasteiger partial charge on any atom is 0.251 e. The fourth-order valence-electron chi connectivity index (χ4n) is 2.89. The lowest BCUT2D eigenvalue weighted by atomic mass is 9.91. The number of fused-ring (bicyclic) bond motifs is 1. The Morgan fingerprint density at radius 2 is 1.71 bits per heavy atom. The van der Waals surface area contributed by atoms with Crippen molar-refractivity contribution in [2.75, 3.05) is 0 Å². The van der Waals surface area contributed by atoms with Gasteiger partial charge in [0.1, 0.15) is 0 Å². The van der Waals surface area contributed by atoms with Gasteiger partial charge in [-0.05, 0) is 60.7 Å². The van der Waals surface area contributed by atoms with Crippen LogP contribution in [0, 0.1) is 0 Å². The highest BCUT2D eigenvalue weighted by Gasteiger charge is 2.20. The third-order valence-electron chi connectivity index (χ3n) is 4.17. The molecule has 0 saturated heterocycles. The van der Waals surface area contributed by atoms with Crippen LogP contribution in [0.15, 0.2) is 40.9 Å². The Morgan fingerprint density at radius 3 is 2.48 bits per heavy atom. The fraction of sp³-hybridized carbons (Fsp3) is 0.353. The van der Waals surface area contributed by atoms with E-state index in [1.165, 1.54) is 0 Å². The van der Waals surface area contributed by atoms with Crippen LogP contribution >= 0.6 is 15.9 Å². The molecule has 0 bridgehead atoms. The van der Waals surface area contributed by atoms with Gasteiger partial charge in [-0.1, -0.05) is 28.1 Å². The van der Waals surface area contributed by atoms with Crippen LogP contribution in [0.1, 0.15) is 36.0 Å². The molecule has 3 N–H and O–H groups in total. The van der Waals surface area contributed by atoms with E-state index in [9.17, 15) is 4.79 Å². The SMILES string of the molecule is NC1CCC(NC(=O)c2ccc3cc(Br)ccc3c2)CC1. The lowest BCUT2D eigenvalue weighted by Gasteiger charge is -2.26. The lowest BCUT2D eigenvalue weighted by Crippen LogP contribution is -2.40. The second-order valence-electron chi connectivity index (χ2n) is 5.79. The molecule has 0 radical (unpaired) electrons. The van der Waals surface area contributed by atoms with Crippen molar-refractivity contribution in [3.63, 3.8) is 0 Å². The van der Waals surface area contributed by atoms with Gasteiger partial charge in [0, 0.05) is 22.1 Å². The van der Waals surface area contributed by atoms with Crippen LogP contribution in [0.5, 0.6) is 0 Å². The highest BCUT2D eigenvalue weighted by atomic mass is 79.9. The maximum atomic E-state index is 12.4. The first-order chi connectivity index (χ1) is 10.1. The minimum Gasteiger partial charge on any atom is -0.349 e. The number of nitrogens with two attached hydrogens (primary N) is 1. The minimum absolute atomic E-state index is 0.0142. The lowest BCUT2D eigenvalue weighted by molar-refractivity contribution is 0.0926. The Kier molecular flexibility index (Phi) is 4.27. The molecule has 2 aromatic rings. The van der Waals surface area contributed by atoms with E-state index in [-0.39, 0.29) is 11.9 Å². The predicted molar refractivity (Wildman–Crippen MR) is 89.3 cm³/mol. The van der Waals surface area contributed by atoms with Crippen molar-refractivity contribution in [3.05, 3.63) is 46.4 Å². The normalized spacial score (nSPS) is 22.2. The molecule has 4 heteroatoms. The average Bonchev–Trinajstić information content (AvgIpc) is 2.49. The monoisotopic (exact) mass is 346 g/mol. The molecule has 1 fully saturated rings. The zero-order valence-electron chi connectivity index (χ0n) is 11.8. The van der Waals surface area contributed by atoms with Gasteiger partial charge in [-0.3, -0.25) is 4.79 Å². The molecule has 1 aliphatic rings. The summed E-state index contributed by atoms with van der Waals surface area (Å²) in [6.45, 7) is 0. The third kappa shape index (κ3) is 3.44. The minimum atomic E-state index is 0.0142. The molecule has 0 spiro atoms. The van der Waals surface area contributed by atoms with Crippen molar-refractivity contribution in [2.45, 2.75) is 37.8 Å². The summed E-state index contributed by atoms with van der Waals surface area (Å²) in [4.78, 5) is 12.4. The molecule has 3 nitrogen and oxygen atoms in total. The van der Waals surface area contributed by atoms with E-state index in [1.54, 1.807) is 0 Å². The first kappa shape index (κ1) is 14.5. The molecular weight excluding hydrogens is 328 g/mol. The van der Waals surface area contributed by atoms with E-state index >= 15 is 0 Å². The van der Waals surface area contributed by atoms with Crippen molar-refractivity contribution in [3.8, 4) is 0 Å². The van der Waals surface area contributed by atoms with Gasteiger partial charge in [0.25, 0.3) is 5.91 Å². The summed E-state index contributed by atoms with van der Waals surface area (Å²) in [5.41, 5.74) is 6.62. The van der Waals surface area contributed by atoms with Crippen molar-refractivity contribution in [2.24, 2.45) is 5.73 Å². The number of rotatable bonds is 2. The van der Waals surface area contributed by atoms with Gasteiger partial charge in [0.15, 0.2) is 0 Å². The van der Waals surface area contributed by atoms with Crippen molar-refractivity contribution in [1.82, 2.24) is 5.32 Å². The molecule has 0 aliphatic heterocycles. The van der Waals surface area contributed by atoms with E-state index in [4.69, 9.17) is 5.73 Å². The largest absolute Gasteiger partial charge is 0.349 e. The van der Waals surface area contributed by atoms with E-state index in [0.717, 1.165) is 46.5 Å². The number of hydrogen-bond acceptors (Lipinski definition) is 2. The van der Waals surface area contributed by atoms with Crippen LogP contribution in [0.2, 0.25) is 0 Å². The summed E-state index contributed by atoms with van der Waals surface area (Å²) in [5.74, 6) is 0.0142. The van der Waals surface area contributed by atoms with Gasteiger partial charge < -0.3 is 11.1 Å². The number of nitrogens with one attached hydrogen (secondary N) is 1. The number of amides is 1. The Labute approximate surface area is 133 Å². The smallest absolute Gasteiger partial charge is 0.251 e. The second-order valence-corrected chi connectivity index (χ2v) is 6.71. The van der Waals surface area contributed by atoms with Gasteiger partial charge >= 0.3 is 0 Å². The first-order valence-electron chi connectivity index (χ1n) is 7.37. The van der Waals surface area contributed by atoms with Crippen LogP contribution in [-0.2, 0) is 0 Å². The van der Waals surface area contributed by atoms with E-state index in [0.29, 0.717) is 6.04 Å². The van der Waals surface area contributed by atoms with Gasteiger partial charge in [0.2, 0.25) is 0 Å². The standard InChI is InChI=1S/C17H19BrN2O/c18-14-4-3-11-9-13(2-1-12(11)10-14)17(21)20-16-7-5-15(19)6-8-16/h1-4,9-10,15-16H,5-8,19H2,(H,20,21). The van der Waals surface area contributed by atoms with E-state index in [2.05, 4.69) is 27.3 Å². The molecule has 3 rings (SSSR count). The molecular formula is C17H19BrN2O. The Morgan fingerprint density at radius 1 is 1.05 bits per heavy atom. The molecule has 0 aromatic heterocycles. The van der Waals surface area contributed by atoms with Crippen molar-refractivity contribution >= 4 is 32.6 Å². The van der Waals surface area contributed by atoms with Crippen molar-refractivity contribution in [1.29, 1.82) is 0 Å². The van der Waals surface area contributed by atoms with Gasteiger partial charge in [0.05, 0.1) is 0 Å². The topological polar surface area (TPSA) is 55.1 Å². The zero-order chi connectivity index (χ0) is 14.8. The molecule has 2 aromatic carbocycles. The molecule has 0 atom stereocenters. The number of halogens is 1. The number of hydrogen-bond donors (Lipinski definition) is 2. The summed E-state index contributed by atoms with van der Waals surface area (Å²) in [7, 11) is 0. The Bertz CT molecular complexity index is 663. The average molecular weight is 347 g/mol. The summed E-state index contributed by atoms with van der Waals surface area (Å²) >= 11 is 3.46. The molecule has 0 unspecified atom stereocenters. The van der Waals surface area contributed by atoms with Gasteiger partial charge in [-0.25, -0.2) is 0 Å². The molecule has 21 heavy (non-hydrogen) atoms. The third-order valence-corrected chi connectivity index (χ3v) is 4.66. The molecule has 1 saturated carbocycles. The summed E-state index contributed by atoms with van der Waals surface area (Å²) < 4.78 is 1.05. The molecule has 110 valence electrons. The Hall–Kier alpha value is -1.39. The van der Waals surface area contributed by atoms with Gasteiger partial charge in [-0.2, -0.15) is 0 Å². The number of carbonyl (C=O) groups is 1. The summed E-state index contributed by atoms with van der Waals surface area (Å²) in [6.07, 6.45) is 3.95. The van der Waals surface area contributed by atoms with Crippen LogP contribution < -0.4 is 11.1 Å². The summed E-state index contributed by atoms with van der Waals surface area (Å²) in [6, 6.07) is 12.5. The van der Waals surface area contributed by atoms with Crippen molar-refractivity contribution < 1.29 is 4.79 Å². The molecule has 1 aliphatic carbocycles. The van der Waals surface area contributed by atoms with Gasteiger partial charge in [-0.15, -0.1) is 0 Å². The molecule has 1 amide bonds. The van der Waals surface area contributed by atoms with Crippen LogP contribution in [-0.4, -0.2) is 18.0 Å². The second kappa shape index (κ2) is 6.16. The number of carbonyl (C=O) groups excluding carboxylic acids is 1.